The van der Waals surface area contributed by atoms with E-state index in [-0.39, 0.29) is 11.9 Å². The molecule has 0 radical (unpaired) electrons. The number of hydrogen-bond acceptors (Lipinski definition) is 3. The highest BCUT2D eigenvalue weighted by Gasteiger charge is 2.25. The molecular weight excluding hydrogens is 238 g/mol. The van der Waals surface area contributed by atoms with E-state index in [4.69, 9.17) is 5.73 Å². The Labute approximate surface area is 118 Å². The maximum Gasteiger partial charge on any atom is 0.222 e. The third-order valence-electron chi connectivity index (χ3n) is 4.22. The maximum atomic E-state index is 12.1. The van der Waals surface area contributed by atoms with Crippen LogP contribution in [0, 0.1) is 0 Å². The van der Waals surface area contributed by atoms with Crippen LogP contribution in [-0.2, 0) is 4.79 Å². The summed E-state index contributed by atoms with van der Waals surface area (Å²) in [6.45, 7) is 8.70. The van der Waals surface area contributed by atoms with Gasteiger partial charge in [0, 0.05) is 44.7 Å². The van der Waals surface area contributed by atoms with Crippen LogP contribution in [0.1, 0.15) is 52.9 Å². The standard InChI is InChI=1S/C15H31N3O/c1-12(2)18-10-8-14(9-11-18)17(4)15(19)7-5-6-13(3)16/h12-14H,5-11,16H2,1-4H3. The second kappa shape index (κ2) is 7.85. The Balaban J connectivity index is 2.29. The normalized spacial score (nSPS) is 19.7. The lowest BCUT2D eigenvalue weighted by atomic mass is 10.0. The van der Waals surface area contributed by atoms with Crippen molar-refractivity contribution in [3.05, 3.63) is 0 Å². The number of nitrogens with zero attached hydrogens (tertiary/aromatic N) is 2. The molecule has 4 heteroatoms. The molecule has 0 saturated carbocycles. The second-order valence-corrected chi connectivity index (χ2v) is 6.24. The highest BCUT2D eigenvalue weighted by atomic mass is 16.2. The highest BCUT2D eigenvalue weighted by molar-refractivity contribution is 5.76. The van der Waals surface area contributed by atoms with Crippen LogP contribution in [0.4, 0.5) is 0 Å². The molecule has 1 aliphatic heterocycles. The van der Waals surface area contributed by atoms with Gasteiger partial charge in [0.2, 0.25) is 5.91 Å². The summed E-state index contributed by atoms with van der Waals surface area (Å²) in [7, 11) is 1.96. The first-order valence-electron chi connectivity index (χ1n) is 7.67. The zero-order valence-electron chi connectivity index (χ0n) is 13.1. The molecule has 1 aliphatic rings. The molecular formula is C15H31N3O. The first kappa shape index (κ1) is 16.4. The molecule has 1 unspecified atom stereocenters. The Morgan fingerprint density at radius 3 is 2.37 bits per heavy atom. The minimum Gasteiger partial charge on any atom is -0.343 e. The average molecular weight is 269 g/mol. The van der Waals surface area contributed by atoms with Crippen molar-refractivity contribution in [2.75, 3.05) is 20.1 Å². The quantitative estimate of drug-likeness (QED) is 0.800. The van der Waals surface area contributed by atoms with Crippen LogP contribution in [0.3, 0.4) is 0 Å². The zero-order valence-corrected chi connectivity index (χ0v) is 13.1. The second-order valence-electron chi connectivity index (χ2n) is 6.24. The number of rotatable bonds is 6. The molecule has 4 nitrogen and oxygen atoms in total. The molecule has 0 aromatic carbocycles. The lowest BCUT2D eigenvalue weighted by Gasteiger charge is -2.38. The molecule has 0 bridgehead atoms. The van der Waals surface area contributed by atoms with Gasteiger partial charge in [0.1, 0.15) is 0 Å². The van der Waals surface area contributed by atoms with Crippen LogP contribution in [-0.4, -0.2) is 54.0 Å². The van der Waals surface area contributed by atoms with Crippen molar-refractivity contribution in [3.63, 3.8) is 0 Å². The van der Waals surface area contributed by atoms with E-state index in [1.54, 1.807) is 0 Å². The van der Waals surface area contributed by atoms with E-state index in [1.807, 2.05) is 18.9 Å². The predicted octanol–water partition coefficient (Wildman–Crippen LogP) is 1.84. The van der Waals surface area contributed by atoms with Gasteiger partial charge in [0.25, 0.3) is 0 Å². The highest BCUT2D eigenvalue weighted by Crippen LogP contribution is 2.18. The fraction of sp³-hybridized carbons (Fsp3) is 0.933. The summed E-state index contributed by atoms with van der Waals surface area (Å²) in [5.41, 5.74) is 5.71. The van der Waals surface area contributed by atoms with Crippen LogP contribution < -0.4 is 5.73 Å². The molecule has 1 saturated heterocycles. The van der Waals surface area contributed by atoms with Gasteiger partial charge in [-0.15, -0.1) is 0 Å². The molecule has 0 aromatic heterocycles. The van der Waals surface area contributed by atoms with Crippen LogP contribution >= 0.6 is 0 Å². The molecule has 19 heavy (non-hydrogen) atoms. The fourth-order valence-corrected chi connectivity index (χ4v) is 2.74. The zero-order chi connectivity index (χ0) is 14.4. The minimum atomic E-state index is 0.201. The number of hydrogen-bond donors (Lipinski definition) is 1. The minimum absolute atomic E-state index is 0.201. The monoisotopic (exact) mass is 269 g/mol. The molecule has 1 amide bonds. The van der Waals surface area contributed by atoms with E-state index in [9.17, 15) is 4.79 Å². The van der Waals surface area contributed by atoms with Gasteiger partial charge in [-0.05, 0) is 46.5 Å². The van der Waals surface area contributed by atoms with Crippen molar-refractivity contribution >= 4 is 5.91 Å². The molecule has 1 heterocycles. The SMILES string of the molecule is CC(N)CCCC(=O)N(C)C1CCN(C(C)C)CC1. The Morgan fingerprint density at radius 2 is 1.89 bits per heavy atom. The van der Waals surface area contributed by atoms with E-state index in [2.05, 4.69) is 18.7 Å². The largest absolute Gasteiger partial charge is 0.343 e. The van der Waals surface area contributed by atoms with E-state index >= 15 is 0 Å². The fourth-order valence-electron chi connectivity index (χ4n) is 2.74. The van der Waals surface area contributed by atoms with E-state index in [0.717, 1.165) is 38.8 Å². The topological polar surface area (TPSA) is 49.6 Å². The Morgan fingerprint density at radius 1 is 1.32 bits per heavy atom. The smallest absolute Gasteiger partial charge is 0.222 e. The van der Waals surface area contributed by atoms with Gasteiger partial charge < -0.3 is 15.5 Å². The van der Waals surface area contributed by atoms with Gasteiger partial charge in [-0.1, -0.05) is 0 Å². The molecule has 0 aliphatic carbocycles. The lowest BCUT2D eigenvalue weighted by Crippen LogP contribution is -2.47. The van der Waals surface area contributed by atoms with Crippen molar-refractivity contribution in [1.29, 1.82) is 0 Å². The van der Waals surface area contributed by atoms with Gasteiger partial charge in [-0.3, -0.25) is 4.79 Å². The van der Waals surface area contributed by atoms with Gasteiger partial charge in [-0.2, -0.15) is 0 Å². The summed E-state index contributed by atoms with van der Waals surface area (Å²) in [6.07, 6.45) is 4.70. The summed E-state index contributed by atoms with van der Waals surface area (Å²) in [5, 5.41) is 0. The first-order chi connectivity index (χ1) is 8.91. The molecule has 1 rings (SSSR count). The van der Waals surface area contributed by atoms with E-state index < -0.39 is 0 Å². The summed E-state index contributed by atoms with van der Waals surface area (Å²) in [4.78, 5) is 16.6. The first-order valence-corrected chi connectivity index (χ1v) is 7.67. The van der Waals surface area contributed by atoms with Crippen molar-refractivity contribution in [1.82, 2.24) is 9.80 Å². The van der Waals surface area contributed by atoms with Crippen molar-refractivity contribution in [3.8, 4) is 0 Å². The van der Waals surface area contributed by atoms with Gasteiger partial charge in [0.05, 0.1) is 0 Å². The number of amides is 1. The number of nitrogens with two attached hydrogens (primary N) is 1. The van der Waals surface area contributed by atoms with E-state index in [1.165, 1.54) is 0 Å². The average Bonchev–Trinajstić information content (AvgIpc) is 2.37. The van der Waals surface area contributed by atoms with Gasteiger partial charge >= 0.3 is 0 Å². The summed E-state index contributed by atoms with van der Waals surface area (Å²) < 4.78 is 0. The summed E-state index contributed by atoms with van der Waals surface area (Å²) >= 11 is 0. The molecule has 0 spiro atoms. The Kier molecular flexibility index (Phi) is 6.80. The lowest BCUT2D eigenvalue weighted by molar-refractivity contribution is -0.133. The molecule has 112 valence electrons. The number of likely N-dealkylation sites (tertiary alicyclic amines) is 1. The van der Waals surface area contributed by atoms with Gasteiger partial charge in [-0.25, -0.2) is 0 Å². The third kappa shape index (κ3) is 5.49. The summed E-state index contributed by atoms with van der Waals surface area (Å²) in [6, 6.07) is 1.25. The molecule has 1 fully saturated rings. The third-order valence-corrected chi connectivity index (χ3v) is 4.22. The van der Waals surface area contributed by atoms with Gasteiger partial charge in [0.15, 0.2) is 0 Å². The number of carbonyl (C=O) groups is 1. The van der Waals surface area contributed by atoms with Crippen LogP contribution in [0.25, 0.3) is 0 Å². The van der Waals surface area contributed by atoms with E-state index in [0.29, 0.717) is 18.5 Å². The molecule has 2 N–H and O–H groups in total. The van der Waals surface area contributed by atoms with Crippen molar-refractivity contribution in [2.24, 2.45) is 5.73 Å². The number of carbonyl (C=O) groups excluding carboxylic acids is 1. The molecule has 0 aromatic rings. The van der Waals surface area contributed by atoms with Crippen LogP contribution in [0.2, 0.25) is 0 Å². The van der Waals surface area contributed by atoms with Crippen molar-refractivity contribution < 1.29 is 4.79 Å². The van der Waals surface area contributed by atoms with Crippen LogP contribution in [0.15, 0.2) is 0 Å². The predicted molar refractivity (Wildman–Crippen MR) is 80.0 cm³/mol. The van der Waals surface area contributed by atoms with Crippen LogP contribution in [0.5, 0.6) is 0 Å². The summed E-state index contributed by atoms with van der Waals surface area (Å²) in [5.74, 6) is 0.281. The Hall–Kier alpha value is -0.610. The van der Waals surface area contributed by atoms with Crippen molar-refractivity contribution in [2.45, 2.75) is 71.0 Å². The maximum absolute atomic E-state index is 12.1. The molecule has 1 atom stereocenters. The Bertz CT molecular complexity index is 271. The number of piperidine rings is 1.